The minimum Gasteiger partial charge on any atom is -0.373 e. The van der Waals surface area contributed by atoms with Crippen molar-refractivity contribution in [2.24, 2.45) is 5.92 Å². The molecule has 1 aliphatic heterocycles. The first kappa shape index (κ1) is 13.1. The molecular formula is C14H24N4. The fraction of sp³-hybridized carbons (Fsp3) is 0.714. The Morgan fingerprint density at radius 3 is 2.56 bits per heavy atom. The van der Waals surface area contributed by atoms with E-state index < -0.39 is 0 Å². The summed E-state index contributed by atoms with van der Waals surface area (Å²) in [6.07, 6.45) is 1.25. The van der Waals surface area contributed by atoms with Crippen molar-refractivity contribution in [1.29, 1.82) is 0 Å². The van der Waals surface area contributed by atoms with Gasteiger partial charge in [-0.15, -0.1) is 0 Å². The molecule has 1 aromatic rings. The molecule has 2 rings (SSSR count). The van der Waals surface area contributed by atoms with Gasteiger partial charge in [-0.3, -0.25) is 0 Å². The van der Waals surface area contributed by atoms with E-state index in [4.69, 9.17) is 4.98 Å². The standard InChI is InChI=1S/C14H24N4/c1-10-6-7-18(9-10)12-8-11(15-5)16-13(17-12)14(2,3)4/h8,10H,6-7,9H2,1-5H3,(H,15,16,17). The van der Waals surface area contributed by atoms with Crippen LogP contribution in [0.3, 0.4) is 0 Å². The molecule has 0 bridgehead atoms. The van der Waals surface area contributed by atoms with Crippen LogP contribution in [0.2, 0.25) is 0 Å². The summed E-state index contributed by atoms with van der Waals surface area (Å²) in [4.78, 5) is 11.7. The van der Waals surface area contributed by atoms with Crippen molar-refractivity contribution in [2.75, 3.05) is 30.4 Å². The minimum atomic E-state index is -0.0209. The molecule has 0 spiro atoms. The number of anilines is 2. The molecule has 1 saturated heterocycles. The first-order chi connectivity index (χ1) is 8.40. The highest BCUT2D eigenvalue weighted by molar-refractivity contribution is 5.50. The third kappa shape index (κ3) is 2.74. The molecule has 4 nitrogen and oxygen atoms in total. The largest absolute Gasteiger partial charge is 0.373 e. The van der Waals surface area contributed by atoms with Crippen LogP contribution in [0.15, 0.2) is 6.07 Å². The Labute approximate surface area is 110 Å². The second kappa shape index (κ2) is 4.75. The van der Waals surface area contributed by atoms with Crippen molar-refractivity contribution < 1.29 is 0 Å². The predicted octanol–water partition coefficient (Wildman–Crippen LogP) is 2.66. The van der Waals surface area contributed by atoms with Gasteiger partial charge < -0.3 is 10.2 Å². The van der Waals surface area contributed by atoms with Crippen molar-refractivity contribution in [3.8, 4) is 0 Å². The van der Waals surface area contributed by atoms with Gasteiger partial charge in [-0.2, -0.15) is 0 Å². The first-order valence-electron chi connectivity index (χ1n) is 6.72. The molecule has 0 amide bonds. The molecule has 18 heavy (non-hydrogen) atoms. The molecule has 1 unspecified atom stereocenters. The molecular weight excluding hydrogens is 224 g/mol. The van der Waals surface area contributed by atoms with Gasteiger partial charge in [0.15, 0.2) is 0 Å². The number of nitrogens with zero attached hydrogens (tertiary/aromatic N) is 3. The van der Waals surface area contributed by atoms with Gasteiger partial charge in [-0.05, 0) is 12.3 Å². The minimum absolute atomic E-state index is 0.0209. The molecule has 1 fully saturated rings. The average Bonchev–Trinajstić information content (AvgIpc) is 2.74. The summed E-state index contributed by atoms with van der Waals surface area (Å²) in [5, 5.41) is 3.14. The molecule has 100 valence electrons. The van der Waals surface area contributed by atoms with Gasteiger partial charge in [0.2, 0.25) is 0 Å². The van der Waals surface area contributed by atoms with Crippen LogP contribution in [0.1, 0.15) is 39.9 Å². The zero-order valence-corrected chi connectivity index (χ0v) is 12.1. The maximum atomic E-state index is 4.74. The van der Waals surface area contributed by atoms with E-state index in [9.17, 15) is 0 Å². The van der Waals surface area contributed by atoms with Crippen LogP contribution in [0.25, 0.3) is 0 Å². The van der Waals surface area contributed by atoms with Crippen molar-refractivity contribution in [1.82, 2.24) is 9.97 Å². The highest BCUT2D eigenvalue weighted by Gasteiger charge is 2.24. The molecule has 2 heterocycles. The first-order valence-corrected chi connectivity index (χ1v) is 6.72. The van der Waals surface area contributed by atoms with Crippen LogP contribution in [-0.4, -0.2) is 30.1 Å². The van der Waals surface area contributed by atoms with Crippen LogP contribution in [0, 0.1) is 5.92 Å². The molecule has 4 heteroatoms. The lowest BCUT2D eigenvalue weighted by Crippen LogP contribution is -2.24. The van der Waals surface area contributed by atoms with Gasteiger partial charge in [0, 0.05) is 31.6 Å². The molecule has 1 aromatic heterocycles. The normalized spacial score (nSPS) is 20.3. The van der Waals surface area contributed by atoms with E-state index in [0.29, 0.717) is 0 Å². The summed E-state index contributed by atoms with van der Waals surface area (Å²) >= 11 is 0. The van der Waals surface area contributed by atoms with Gasteiger partial charge in [0.1, 0.15) is 17.5 Å². The topological polar surface area (TPSA) is 41.0 Å². The molecule has 0 radical (unpaired) electrons. The van der Waals surface area contributed by atoms with Crippen LogP contribution in [-0.2, 0) is 5.41 Å². The van der Waals surface area contributed by atoms with Gasteiger partial charge in [0.05, 0.1) is 0 Å². The molecule has 0 aromatic carbocycles. The van der Waals surface area contributed by atoms with Crippen molar-refractivity contribution in [3.63, 3.8) is 0 Å². The summed E-state index contributed by atoms with van der Waals surface area (Å²) in [5.74, 6) is 3.63. The van der Waals surface area contributed by atoms with Gasteiger partial charge >= 0.3 is 0 Å². The van der Waals surface area contributed by atoms with Crippen molar-refractivity contribution in [2.45, 2.75) is 39.5 Å². The quantitative estimate of drug-likeness (QED) is 0.873. The molecule has 0 aliphatic carbocycles. The van der Waals surface area contributed by atoms with Gasteiger partial charge in [-0.1, -0.05) is 27.7 Å². The highest BCUT2D eigenvalue weighted by atomic mass is 15.2. The van der Waals surface area contributed by atoms with E-state index in [2.05, 4.69) is 42.9 Å². The number of hydrogen-bond acceptors (Lipinski definition) is 4. The number of hydrogen-bond donors (Lipinski definition) is 1. The second-order valence-corrected chi connectivity index (χ2v) is 6.27. The number of aromatic nitrogens is 2. The molecule has 0 saturated carbocycles. The molecule has 1 N–H and O–H groups in total. The van der Waals surface area contributed by atoms with Crippen LogP contribution >= 0.6 is 0 Å². The number of rotatable bonds is 2. The lowest BCUT2D eigenvalue weighted by molar-refractivity contribution is 0.545. The summed E-state index contributed by atoms with van der Waals surface area (Å²) < 4.78 is 0. The van der Waals surface area contributed by atoms with Gasteiger partial charge in [0.25, 0.3) is 0 Å². The third-order valence-corrected chi connectivity index (χ3v) is 3.39. The van der Waals surface area contributed by atoms with Crippen molar-refractivity contribution in [3.05, 3.63) is 11.9 Å². The zero-order chi connectivity index (χ0) is 13.3. The maximum absolute atomic E-state index is 4.74. The van der Waals surface area contributed by atoms with E-state index in [1.54, 1.807) is 0 Å². The Bertz CT molecular complexity index is 422. The molecule has 1 aliphatic rings. The van der Waals surface area contributed by atoms with E-state index in [1.807, 2.05) is 13.1 Å². The molecule has 1 atom stereocenters. The lowest BCUT2D eigenvalue weighted by Gasteiger charge is -2.22. The Hall–Kier alpha value is -1.32. The Balaban J connectivity index is 2.35. The van der Waals surface area contributed by atoms with Crippen LogP contribution in [0.4, 0.5) is 11.6 Å². The second-order valence-electron chi connectivity index (χ2n) is 6.27. The fourth-order valence-electron chi connectivity index (χ4n) is 2.20. The lowest BCUT2D eigenvalue weighted by atomic mass is 9.96. The fourth-order valence-corrected chi connectivity index (χ4v) is 2.20. The van der Waals surface area contributed by atoms with Crippen molar-refractivity contribution >= 4 is 11.6 Å². The Morgan fingerprint density at radius 1 is 1.33 bits per heavy atom. The average molecular weight is 248 g/mol. The summed E-state index contributed by atoms with van der Waals surface area (Å²) in [7, 11) is 1.91. The van der Waals surface area contributed by atoms with E-state index in [1.165, 1.54) is 6.42 Å². The Kier molecular flexibility index (Phi) is 3.46. The summed E-state index contributed by atoms with van der Waals surface area (Å²) in [5.41, 5.74) is -0.0209. The van der Waals surface area contributed by atoms with E-state index in [-0.39, 0.29) is 5.41 Å². The smallest absolute Gasteiger partial charge is 0.138 e. The summed E-state index contributed by atoms with van der Waals surface area (Å²) in [6, 6.07) is 2.05. The SMILES string of the molecule is CNc1cc(N2CCC(C)C2)nc(C(C)(C)C)n1. The predicted molar refractivity (Wildman–Crippen MR) is 76.3 cm³/mol. The van der Waals surface area contributed by atoms with Crippen LogP contribution < -0.4 is 10.2 Å². The summed E-state index contributed by atoms with van der Waals surface area (Å²) in [6.45, 7) is 11.0. The van der Waals surface area contributed by atoms with E-state index >= 15 is 0 Å². The highest BCUT2D eigenvalue weighted by Crippen LogP contribution is 2.27. The third-order valence-electron chi connectivity index (χ3n) is 3.39. The monoisotopic (exact) mass is 248 g/mol. The van der Waals surface area contributed by atoms with E-state index in [0.717, 1.165) is 36.5 Å². The maximum Gasteiger partial charge on any atom is 0.138 e. The number of nitrogens with one attached hydrogen (secondary N) is 1. The van der Waals surface area contributed by atoms with Crippen LogP contribution in [0.5, 0.6) is 0 Å². The Morgan fingerprint density at radius 2 is 2.06 bits per heavy atom. The van der Waals surface area contributed by atoms with Gasteiger partial charge in [-0.25, -0.2) is 9.97 Å². The zero-order valence-electron chi connectivity index (χ0n) is 12.1.